The Bertz CT molecular complexity index is 1130. The molecule has 0 saturated carbocycles. The first-order chi connectivity index (χ1) is 18.1. The molecule has 0 radical (unpaired) electrons. The quantitative estimate of drug-likeness (QED) is 0.208. The van der Waals surface area contributed by atoms with Gasteiger partial charge in [-0.1, -0.05) is 38.5 Å². The van der Waals surface area contributed by atoms with Gasteiger partial charge in [0, 0.05) is 30.1 Å². The molecule has 11 heteroatoms. The third-order valence-corrected chi connectivity index (χ3v) is 7.09. The van der Waals surface area contributed by atoms with Crippen molar-refractivity contribution >= 4 is 34.6 Å². The van der Waals surface area contributed by atoms with Crippen molar-refractivity contribution < 1.29 is 24.3 Å². The molecule has 3 amide bonds. The zero-order valence-corrected chi connectivity index (χ0v) is 22.1. The summed E-state index contributed by atoms with van der Waals surface area (Å²) in [7, 11) is 0. The Kier molecular flexibility index (Phi) is 10.3. The lowest BCUT2D eigenvalue weighted by Gasteiger charge is -2.30. The summed E-state index contributed by atoms with van der Waals surface area (Å²) in [6.45, 7) is 4.40. The molecule has 1 aliphatic heterocycles. The van der Waals surface area contributed by atoms with Gasteiger partial charge in [-0.05, 0) is 49.8 Å². The summed E-state index contributed by atoms with van der Waals surface area (Å²) in [6, 6.07) is 3.99. The number of benzene rings is 1. The van der Waals surface area contributed by atoms with Crippen LogP contribution in [0.4, 0.5) is 0 Å². The van der Waals surface area contributed by atoms with E-state index in [-0.39, 0.29) is 12.3 Å². The van der Waals surface area contributed by atoms with Crippen LogP contribution in [0.5, 0.6) is 0 Å². The lowest BCUT2D eigenvalue weighted by atomic mass is 9.99. The molecule has 11 nitrogen and oxygen atoms in total. The smallest absolute Gasteiger partial charge is 0.326 e. The minimum Gasteiger partial charge on any atom is -0.480 e. The number of amides is 3. The number of likely N-dealkylation sites (tertiary alicyclic amines) is 1. The zero-order chi connectivity index (χ0) is 27.8. The van der Waals surface area contributed by atoms with Gasteiger partial charge in [0.05, 0.1) is 6.04 Å². The van der Waals surface area contributed by atoms with E-state index in [4.69, 9.17) is 11.5 Å². The molecule has 0 bridgehead atoms. The van der Waals surface area contributed by atoms with E-state index in [1.54, 1.807) is 20.0 Å². The number of nitrogens with one attached hydrogen (secondary N) is 3. The standard InChI is InChI=1S/C27H40N6O5/c1-16(2)23(26(36)33-13-7-11-22(33)27(37)38)32-25(35)21(31-24(34)19(29)9-5-6-12-28)14-17-15-30-20-10-4-3-8-18(17)20/h3-4,8,10,15-16,19,21-23,30H,5-7,9,11-14,28-29H2,1-2H3,(H,31,34)(H,32,35)(H,37,38). The Morgan fingerprint density at radius 2 is 1.87 bits per heavy atom. The molecule has 38 heavy (non-hydrogen) atoms. The summed E-state index contributed by atoms with van der Waals surface area (Å²) in [5.41, 5.74) is 13.4. The van der Waals surface area contributed by atoms with Crippen molar-refractivity contribution in [2.75, 3.05) is 13.1 Å². The predicted molar refractivity (Wildman–Crippen MR) is 144 cm³/mol. The minimum absolute atomic E-state index is 0.178. The van der Waals surface area contributed by atoms with Crippen LogP contribution in [-0.2, 0) is 25.6 Å². The summed E-state index contributed by atoms with van der Waals surface area (Å²) in [4.78, 5) is 56.0. The minimum atomic E-state index is -1.06. The van der Waals surface area contributed by atoms with E-state index in [2.05, 4.69) is 15.6 Å². The highest BCUT2D eigenvalue weighted by atomic mass is 16.4. The molecule has 4 unspecified atom stereocenters. The van der Waals surface area contributed by atoms with Gasteiger partial charge >= 0.3 is 5.97 Å². The van der Waals surface area contributed by atoms with E-state index >= 15 is 0 Å². The second-order valence-electron chi connectivity index (χ2n) is 10.3. The van der Waals surface area contributed by atoms with Gasteiger partial charge in [0.1, 0.15) is 18.1 Å². The first-order valence-electron chi connectivity index (χ1n) is 13.3. The molecule has 208 valence electrons. The highest BCUT2D eigenvalue weighted by Gasteiger charge is 2.39. The average Bonchev–Trinajstić information content (AvgIpc) is 3.54. The third-order valence-electron chi connectivity index (χ3n) is 7.09. The normalized spacial score (nSPS) is 17.8. The van der Waals surface area contributed by atoms with Crippen molar-refractivity contribution in [1.29, 1.82) is 0 Å². The number of carbonyl (C=O) groups excluding carboxylic acids is 3. The molecule has 3 rings (SSSR count). The van der Waals surface area contributed by atoms with Crippen LogP contribution in [0, 0.1) is 5.92 Å². The number of nitrogens with two attached hydrogens (primary N) is 2. The van der Waals surface area contributed by atoms with Gasteiger partial charge in [0.25, 0.3) is 0 Å². The molecular formula is C27H40N6O5. The van der Waals surface area contributed by atoms with E-state index < -0.39 is 47.9 Å². The second kappa shape index (κ2) is 13.4. The maximum Gasteiger partial charge on any atom is 0.326 e. The molecule has 0 aliphatic carbocycles. The molecule has 0 spiro atoms. The largest absolute Gasteiger partial charge is 0.480 e. The topological polar surface area (TPSA) is 184 Å². The number of carbonyl (C=O) groups is 4. The highest BCUT2D eigenvalue weighted by molar-refractivity contribution is 5.95. The number of para-hydroxylation sites is 1. The SMILES string of the molecule is CC(C)C(NC(=O)C(Cc1c[nH]c2ccccc12)NC(=O)C(N)CCCCN)C(=O)N1CCCC1C(=O)O. The summed E-state index contributed by atoms with van der Waals surface area (Å²) in [5, 5.41) is 16.0. The van der Waals surface area contributed by atoms with Crippen molar-refractivity contribution in [1.82, 2.24) is 20.5 Å². The van der Waals surface area contributed by atoms with E-state index in [9.17, 15) is 24.3 Å². The molecule has 4 atom stereocenters. The number of unbranched alkanes of at least 4 members (excludes halogenated alkanes) is 1. The number of nitrogens with zero attached hydrogens (tertiary/aromatic N) is 1. The third kappa shape index (κ3) is 7.11. The number of carboxylic acids is 1. The summed E-state index contributed by atoms with van der Waals surface area (Å²) in [5.74, 6) is -2.79. The Morgan fingerprint density at radius 1 is 1.13 bits per heavy atom. The van der Waals surface area contributed by atoms with Crippen molar-refractivity contribution in [3.63, 3.8) is 0 Å². The summed E-state index contributed by atoms with van der Waals surface area (Å²) >= 11 is 0. The molecular weight excluding hydrogens is 488 g/mol. The molecule has 2 heterocycles. The van der Waals surface area contributed by atoms with Gasteiger partial charge < -0.3 is 37.1 Å². The van der Waals surface area contributed by atoms with Gasteiger partial charge in [-0.15, -0.1) is 0 Å². The zero-order valence-electron chi connectivity index (χ0n) is 22.1. The van der Waals surface area contributed by atoms with E-state index in [0.29, 0.717) is 38.8 Å². The van der Waals surface area contributed by atoms with Crippen molar-refractivity contribution in [2.24, 2.45) is 17.4 Å². The van der Waals surface area contributed by atoms with Gasteiger partial charge in [0.2, 0.25) is 17.7 Å². The second-order valence-corrected chi connectivity index (χ2v) is 10.3. The average molecular weight is 529 g/mol. The lowest BCUT2D eigenvalue weighted by Crippen LogP contribution is -2.59. The number of aromatic amines is 1. The number of H-pyrrole nitrogens is 1. The Hall–Kier alpha value is -3.44. The number of aromatic nitrogens is 1. The number of aliphatic carboxylic acids is 1. The van der Waals surface area contributed by atoms with E-state index in [0.717, 1.165) is 22.9 Å². The molecule has 1 aromatic heterocycles. The number of rotatable bonds is 13. The first-order valence-corrected chi connectivity index (χ1v) is 13.3. The number of hydrogen-bond acceptors (Lipinski definition) is 6. The number of hydrogen-bond donors (Lipinski definition) is 6. The van der Waals surface area contributed by atoms with Crippen LogP contribution in [0.2, 0.25) is 0 Å². The molecule has 8 N–H and O–H groups in total. The Morgan fingerprint density at radius 3 is 2.55 bits per heavy atom. The van der Waals surface area contributed by atoms with Gasteiger partial charge in [-0.2, -0.15) is 0 Å². The van der Waals surface area contributed by atoms with Crippen LogP contribution in [0.1, 0.15) is 51.5 Å². The maximum absolute atomic E-state index is 13.6. The van der Waals surface area contributed by atoms with Crippen LogP contribution in [0.3, 0.4) is 0 Å². The molecule has 2 aromatic rings. The Labute approximate surface area is 222 Å². The predicted octanol–water partition coefficient (Wildman–Crippen LogP) is 0.868. The van der Waals surface area contributed by atoms with Gasteiger partial charge in [-0.25, -0.2) is 4.79 Å². The molecule has 1 saturated heterocycles. The Balaban J connectivity index is 1.81. The van der Waals surface area contributed by atoms with Crippen LogP contribution in [0.25, 0.3) is 10.9 Å². The fourth-order valence-corrected chi connectivity index (χ4v) is 4.88. The van der Waals surface area contributed by atoms with Crippen LogP contribution in [0.15, 0.2) is 30.5 Å². The van der Waals surface area contributed by atoms with E-state index in [1.807, 2.05) is 24.3 Å². The van der Waals surface area contributed by atoms with Crippen LogP contribution >= 0.6 is 0 Å². The maximum atomic E-state index is 13.6. The number of fused-ring (bicyclic) bond motifs is 1. The molecule has 1 fully saturated rings. The van der Waals surface area contributed by atoms with Crippen molar-refractivity contribution in [2.45, 2.75) is 76.5 Å². The van der Waals surface area contributed by atoms with Gasteiger partial charge in [-0.3, -0.25) is 14.4 Å². The van der Waals surface area contributed by atoms with Crippen LogP contribution in [-0.4, -0.2) is 75.9 Å². The van der Waals surface area contributed by atoms with Crippen molar-refractivity contribution in [3.05, 3.63) is 36.0 Å². The van der Waals surface area contributed by atoms with Crippen molar-refractivity contribution in [3.8, 4) is 0 Å². The monoisotopic (exact) mass is 528 g/mol. The fraction of sp³-hybridized carbons (Fsp3) is 0.556. The van der Waals surface area contributed by atoms with E-state index in [1.165, 1.54) is 4.90 Å². The molecule has 1 aliphatic rings. The van der Waals surface area contributed by atoms with Gasteiger partial charge in [0.15, 0.2) is 0 Å². The highest BCUT2D eigenvalue weighted by Crippen LogP contribution is 2.22. The number of carboxylic acid groups (broad SMARTS) is 1. The van der Waals surface area contributed by atoms with Crippen LogP contribution < -0.4 is 22.1 Å². The summed E-state index contributed by atoms with van der Waals surface area (Å²) in [6.07, 6.45) is 4.80. The lowest BCUT2D eigenvalue weighted by molar-refractivity contribution is -0.150. The fourth-order valence-electron chi connectivity index (χ4n) is 4.88. The first kappa shape index (κ1) is 29.1. The molecule has 1 aromatic carbocycles. The summed E-state index contributed by atoms with van der Waals surface area (Å²) < 4.78 is 0.